The third kappa shape index (κ3) is 17.7. The van der Waals surface area contributed by atoms with Gasteiger partial charge in [-0.2, -0.15) is 0 Å². The van der Waals surface area contributed by atoms with Crippen molar-refractivity contribution >= 4 is 16.8 Å². The van der Waals surface area contributed by atoms with Crippen LogP contribution in [0.25, 0.3) is 0 Å². The number of rotatable bonds is 18. The summed E-state index contributed by atoms with van der Waals surface area (Å²) in [6.07, 6.45) is 17.0. The van der Waals surface area contributed by atoms with Gasteiger partial charge in [-0.25, -0.2) is 0 Å². The van der Waals surface area contributed by atoms with E-state index in [-0.39, 0.29) is 10.7 Å². The van der Waals surface area contributed by atoms with Crippen LogP contribution in [0.4, 0.5) is 0 Å². The first-order valence-corrected chi connectivity index (χ1v) is 11.5. The Labute approximate surface area is 165 Å². The lowest BCUT2D eigenvalue weighted by Gasteiger charge is -2.02. The molecule has 0 aromatic carbocycles. The summed E-state index contributed by atoms with van der Waals surface area (Å²) in [6, 6.07) is 0. The Balaban J connectivity index is 3.78. The van der Waals surface area contributed by atoms with Gasteiger partial charge in [-0.3, -0.25) is 19.1 Å². The van der Waals surface area contributed by atoms with Crippen LogP contribution in [-0.2, 0) is 15.6 Å². The number of allylic oxidation sites excluding steroid dienone is 4. The van der Waals surface area contributed by atoms with Crippen molar-refractivity contribution in [3.63, 3.8) is 0 Å². The average molecular weight is 402 g/mol. The summed E-state index contributed by atoms with van der Waals surface area (Å²) in [7, 11) is -1.27. The van der Waals surface area contributed by atoms with Crippen LogP contribution >= 0.6 is 0 Å². The number of hydrogen-bond donors (Lipinski definition) is 1. The molecule has 156 valence electrons. The van der Waals surface area contributed by atoms with Crippen LogP contribution in [-0.4, -0.2) is 31.7 Å². The van der Waals surface area contributed by atoms with E-state index in [4.69, 9.17) is 5.11 Å². The fourth-order valence-electron chi connectivity index (χ4n) is 2.68. The zero-order valence-corrected chi connectivity index (χ0v) is 17.4. The summed E-state index contributed by atoms with van der Waals surface area (Å²) in [4.78, 5) is 21.2. The molecule has 0 aromatic heterocycles. The van der Waals surface area contributed by atoms with E-state index in [0.29, 0.717) is 24.3 Å². The third-order valence-electron chi connectivity index (χ3n) is 4.20. The van der Waals surface area contributed by atoms with E-state index < -0.39 is 16.8 Å². The number of aliphatic carboxylic acids is 1. The molecule has 7 heteroatoms. The van der Waals surface area contributed by atoms with Gasteiger partial charge >= 0.3 is 5.97 Å². The molecule has 0 aromatic rings. The van der Waals surface area contributed by atoms with Crippen molar-refractivity contribution in [3.05, 3.63) is 34.0 Å². The molecule has 0 heterocycles. The van der Waals surface area contributed by atoms with Crippen molar-refractivity contribution in [3.8, 4) is 0 Å². The molecule has 0 radical (unpaired) electrons. The molecule has 1 N–H and O–H groups in total. The molecule has 0 saturated carbocycles. The molecule has 0 amide bonds. The Hall–Kier alpha value is -1.50. The fourth-order valence-corrected chi connectivity index (χ4v) is 3.63. The fraction of sp³-hybridized carbons (Fsp3) is 0.750. The molecule has 1 unspecified atom stereocenters. The van der Waals surface area contributed by atoms with E-state index in [1.165, 1.54) is 19.3 Å². The predicted molar refractivity (Wildman–Crippen MR) is 111 cm³/mol. The Kier molecular flexibility index (Phi) is 16.9. The van der Waals surface area contributed by atoms with Gasteiger partial charge in [-0.15, -0.1) is 0 Å². The van der Waals surface area contributed by atoms with Crippen LogP contribution in [0.1, 0.15) is 84.0 Å². The lowest BCUT2D eigenvalue weighted by atomic mass is 10.1. The van der Waals surface area contributed by atoms with Crippen molar-refractivity contribution in [1.82, 2.24) is 0 Å². The van der Waals surface area contributed by atoms with Crippen LogP contribution < -0.4 is 0 Å². The zero-order chi connectivity index (χ0) is 20.3. The molecule has 27 heavy (non-hydrogen) atoms. The molecule has 6 nitrogen and oxygen atoms in total. The van der Waals surface area contributed by atoms with E-state index in [1.807, 2.05) is 6.08 Å². The maximum atomic E-state index is 11.4. The highest BCUT2D eigenvalue weighted by molar-refractivity contribution is 7.85. The first-order valence-electron chi connectivity index (χ1n) is 10.0. The first-order chi connectivity index (χ1) is 13.0. The maximum absolute atomic E-state index is 11.4. The van der Waals surface area contributed by atoms with Gasteiger partial charge in [0.2, 0.25) is 5.70 Å². The second kappa shape index (κ2) is 17.9. The summed E-state index contributed by atoms with van der Waals surface area (Å²) in [6.45, 7) is 2.17. The topological polar surface area (TPSA) is 97.5 Å². The van der Waals surface area contributed by atoms with Gasteiger partial charge in [0.25, 0.3) is 0 Å². The summed E-state index contributed by atoms with van der Waals surface area (Å²) in [5, 5.41) is 19.6. The van der Waals surface area contributed by atoms with Gasteiger partial charge in [-0.05, 0) is 38.2 Å². The Bertz CT molecular complexity index is 503. The molecule has 0 fully saturated rings. The standard InChI is InChI=1S/C20H35NO5S/c1-2-3-4-5-6-9-12-15-19(21(24)25)16-13-10-7-8-11-14-17-27(26)18-20(22)23/h6,9,15H,2-5,7-8,10-14,16-18H2,1H3,(H,22,23)/b9-6+,19-15+. The van der Waals surface area contributed by atoms with Gasteiger partial charge in [0.1, 0.15) is 5.75 Å². The predicted octanol–water partition coefficient (Wildman–Crippen LogP) is 5.24. The van der Waals surface area contributed by atoms with Crippen LogP contribution in [0.3, 0.4) is 0 Å². The number of carboxylic acid groups (broad SMARTS) is 1. The van der Waals surface area contributed by atoms with Gasteiger partial charge in [0.05, 0.1) is 4.92 Å². The molecule has 0 rings (SSSR count). The third-order valence-corrected chi connectivity index (χ3v) is 5.52. The number of carbonyl (C=O) groups is 1. The summed E-state index contributed by atoms with van der Waals surface area (Å²) >= 11 is 0. The van der Waals surface area contributed by atoms with E-state index in [1.54, 1.807) is 6.08 Å². The van der Waals surface area contributed by atoms with Gasteiger partial charge in [-0.1, -0.05) is 57.6 Å². The average Bonchev–Trinajstić information content (AvgIpc) is 2.60. The molecule has 0 aliphatic heterocycles. The van der Waals surface area contributed by atoms with Gasteiger partial charge in [0, 0.05) is 23.0 Å². The summed E-state index contributed by atoms with van der Waals surface area (Å²) < 4.78 is 11.4. The lowest BCUT2D eigenvalue weighted by Crippen LogP contribution is -2.11. The smallest absolute Gasteiger partial charge is 0.316 e. The monoisotopic (exact) mass is 401 g/mol. The first kappa shape index (κ1) is 25.5. The number of carboxylic acids is 1. The molecule has 0 aliphatic rings. The second-order valence-electron chi connectivity index (χ2n) is 6.71. The highest BCUT2D eigenvalue weighted by Crippen LogP contribution is 2.13. The number of unbranched alkanes of at least 4 members (excludes halogenated alkanes) is 8. The second-order valence-corrected chi connectivity index (χ2v) is 8.29. The molecule has 0 bridgehead atoms. The van der Waals surface area contributed by atoms with Crippen molar-refractivity contribution in [1.29, 1.82) is 0 Å². The summed E-state index contributed by atoms with van der Waals surface area (Å²) in [5.74, 6) is -0.855. The van der Waals surface area contributed by atoms with E-state index in [2.05, 4.69) is 13.0 Å². The van der Waals surface area contributed by atoms with Crippen LogP contribution in [0.5, 0.6) is 0 Å². The molecule has 1 atom stereocenters. The molecule has 0 spiro atoms. The van der Waals surface area contributed by atoms with Crippen LogP contribution in [0, 0.1) is 10.1 Å². The minimum atomic E-state index is -1.27. The summed E-state index contributed by atoms with van der Waals surface area (Å²) in [5.41, 5.74) is 0.303. The van der Waals surface area contributed by atoms with Gasteiger partial charge < -0.3 is 5.11 Å². The number of hydrogen-bond acceptors (Lipinski definition) is 4. The SMILES string of the molecule is CCCCC/C=C/C/C=C(\CCCCCCCCS(=O)CC(=O)O)[N+](=O)[O-]. The minimum absolute atomic E-state index is 0.274. The minimum Gasteiger partial charge on any atom is -0.481 e. The van der Waals surface area contributed by atoms with E-state index in [9.17, 15) is 19.1 Å². The van der Waals surface area contributed by atoms with Crippen molar-refractivity contribution in [2.75, 3.05) is 11.5 Å². The lowest BCUT2D eigenvalue weighted by molar-refractivity contribution is -0.428. The number of nitrogens with zero attached hydrogens (tertiary/aromatic N) is 1. The maximum Gasteiger partial charge on any atom is 0.316 e. The largest absolute Gasteiger partial charge is 0.481 e. The molecule has 0 aliphatic carbocycles. The quantitative estimate of drug-likeness (QED) is 0.147. The molecular formula is C20H35NO5S. The molecule has 0 saturated heterocycles. The van der Waals surface area contributed by atoms with Crippen LogP contribution in [0.2, 0.25) is 0 Å². The Morgan fingerprint density at radius 2 is 1.70 bits per heavy atom. The highest BCUT2D eigenvalue weighted by Gasteiger charge is 2.09. The van der Waals surface area contributed by atoms with Crippen LogP contribution in [0.15, 0.2) is 23.9 Å². The van der Waals surface area contributed by atoms with Crippen molar-refractivity contribution in [2.24, 2.45) is 0 Å². The Morgan fingerprint density at radius 3 is 2.33 bits per heavy atom. The van der Waals surface area contributed by atoms with Crippen molar-refractivity contribution < 1.29 is 19.0 Å². The normalized spacial score (nSPS) is 13.1. The molecular weight excluding hydrogens is 366 g/mol. The Morgan fingerprint density at radius 1 is 1.04 bits per heavy atom. The van der Waals surface area contributed by atoms with Gasteiger partial charge in [0.15, 0.2) is 0 Å². The van der Waals surface area contributed by atoms with E-state index in [0.717, 1.165) is 44.9 Å². The zero-order valence-electron chi connectivity index (χ0n) is 16.6. The van der Waals surface area contributed by atoms with Crippen molar-refractivity contribution in [2.45, 2.75) is 84.0 Å². The number of nitro groups is 1. The van der Waals surface area contributed by atoms with E-state index >= 15 is 0 Å². The highest BCUT2D eigenvalue weighted by atomic mass is 32.2.